The number of hydrogen-bond donors (Lipinski definition) is 1. The molecular weight excluding hydrogens is 570 g/mol. The number of aromatic amines is 1. The standard InChI is InChI=1S/C33H33N9O3/c1-21-37-27-9-8-24(44-2)15-29(27)42(21)20-31(43)41-13-12-40(18-23-16-34-10-11-35-23)19-30(41)32-36-17-28(38-32)25-14-22-6-4-5-7-26(22)39-33(25)45-3/h4-11,14-17,30H,12-13,18-20H2,1-3H3,(H,36,38)/t30-/m0/s1. The minimum atomic E-state index is -0.333. The van der Waals surface area contributed by atoms with Crippen LogP contribution in [0.25, 0.3) is 33.2 Å². The van der Waals surface area contributed by atoms with Crippen LogP contribution in [-0.2, 0) is 17.9 Å². The van der Waals surface area contributed by atoms with Crippen molar-refractivity contribution < 1.29 is 14.3 Å². The summed E-state index contributed by atoms with van der Waals surface area (Å²) in [5.41, 5.74) is 4.96. The van der Waals surface area contributed by atoms with E-state index in [4.69, 9.17) is 19.4 Å². The highest BCUT2D eigenvalue weighted by molar-refractivity contribution is 5.85. The fraction of sp³-hybridized carbons (Fsp3) is 0.273. The Morgan fingerprint density at radius 1 is 0.978 bits per heavy atom. The molecule has 228 valence electrons. The number of para-hydroxylation sites is 1. The number of methoxy groups -OCH3 is 2. The summed E-state index contributed by atoms with van der Waals surface area (Å²) in [7, 11) is 3.24. The summed E-state index contributed by atoms with van der Waals surface area (Å²) < 4.78 is 13.1. The maximum atomic E-state index is 14.1. The minimum Gasteiger partial charge on any atom is -0.497 e. The zero-order valence-corrected chi connectivity index (χ0v) is 25.3. The van der Waals surface area contributed by atoms with E-state index in [0.29, 0.717) is 43.6 Å². The van der Waals surface area contributed by atoms with Crippen molar-refractivity contribution in [3.8, 4) is 22.9 Å². The van der Waals surface area contributed by atoms with Crippen molar-refractivity contribution in [3.63, 3.8) is 0 Å². The normalized spacial score (nSPS) is 15.5. The van der Waals surface area contributed by atoms with Crippen LogP contribution < -0.4 is 9.47 Å². The molecule has 1 aliphatic heterocycles. The van der Waals surface area contributed by atoms with Crippen LogP contribution in [0, 0.1) is 6.92 Å². The molecule has 12 nitrogen and oxygen atoms in total. The Balaban J connectivity index is 1.22. The number of nitrogens with one attached hydrogen (secondary N) is 1. The number of aromatic nitrogens is 7. The summed E-state index contributed by atoms with van der Waals surface area (Å²) in [5, 5.41) is 0.994. The van der Waals surface area contributed by atoms with Crippen molar-refractivity contribution in [1.29, 1.82) is 0 Å². The van der Waals surface area contributed by atoms with Crippen LogP contribution in [0.4, 0.5) is 0 Å². The smallest absolute Gasteiger partial charge is 0.243 e. The van der Waals surface area contributed by atoms with E-state index in [1.54, 1.807) is 39.0 Å². The molecule has 5 heterocycles. The molecular formula is C33H33N9O3. The number of hydrogen-bond acceptors (Lipinski definition) is 9. The number of carbonyl (C=O) groups excluding carboxylic acids is 1. The first-order chi connectivity index (χ1) is 22.0. The highest BCUT2D eigenvalue weighted by Crippen LogP contribution is 2.33. The summed E-state index contributed by atoms with van der Waals surface area (Å²) in [4.78, 5) is 44.7. The SMILES string of the molecule is COc1ccc2nc(C)n(CC(=O)N3CCN(Cc4cnccn4)C[C@H]3c3ncc(-c4cc5ccccc5nc4OC)[nH]3)c2c1. The molecule has 0 unspecified atom stereocenters. The lowest BCUT2D eigenvalue weighted by molar-refractivity contribution is -0.137. The maximum absolute atomic E-state index is 14.1. The molecule has 1 atom stereocenters. The van der Waals surface area contributed by atoms with Crippen LogP contribution in [0.3, 0.4) is 0 Å². The van der Waals surface area contributed by atoms with Crippen LogP contribution in [-0.4, -0.2) is 84.0 Å². The highest BCUT2D eigenvalue weighted by atomic mass is 16.5. The van der Waals surface area contributed by atoms with Crippen molar-refractivity contribution in [2.24, 2.45) is 0 Å². The van der Waals surface area contributed by atoms with E-state index in [-0.39, 0.29) is 18.5 Å². The predicted molar refractivity (Wildman–Crippen MR) is 169 cm³/mol. The van der Waals surface area contributed by atoms with Gasteiger partial charge in [-0.2, -0.15) is 0 Å². The van der Waals surface area contributed by atoms with Crippen molar-refractivity contribution in [2.45, 2.75) is 26.1 Å². The average Bonchev–Trinajstić information content (AvgIpc) is 3.68. The van der Waals surface area contributed by atoms with Gasteiger partial charge in [-0.15, -0.1) is 0 Å². The van der Waals surface area contributed by atoms with Crippen molar-refractivity contribution in [3.05, 3.63) is 90.7 Å². The number of rotatable bonds is 8. The Kier molecular flexibility index (Phi) is 7.55. The Morgan fingerprint density at radius 3 is 2.69 bits per heavy atom. The lowest BCUT2D eigenvalue weighted by Crippen LogP contribution is -2.51. The number of carbonyl (C=O) groups is 1. The second kappa shape index (κ2) is 12.0. The van der Waals surface area contributed by atoms with Crippen LogP contribution in [0.5, 0.6) is 11.6 Å². The number of amides is 1. The summed E-state index contributed by atoms with van der Waals surface area (Å²) in [5.74, 6) is 2.65. The van der Waals surface area contributed by atoms with Crippen molar-refractivity contribution in [1.82, 2.24) is 44.3 Å². The monoisotopic (exact) mass is 603 g/mol. The van der Waals surface area contributed by atoms with E-state index in [2.05, 4.69) is 24.8 Å². The van der Waals surface area contributed by atoms with Crippen LogP contribution >= 0.6 is 0 Å². The number of nitrogens with zero attached hydrogens (tertiary/aromatic N) is 8. The van der Waals surface area contributed by atoms with Crippen LogP contribution in [0.1, 0.15) is 23.4 Å². The van der Waals surface area contributed by atoms with Gasteiger partial charge in [0.15, 0.2) is 0 Å². The lowest BCUT2D eigenvalue weighted by Gasteiger charge is -2.40. The molecule has 1 N–H and O–H groups in total. The second-order valence-corrected chi connectivity index (χ2v) is 11.1. The van der Waals surface area contributed by atoms with Gasteiger partial charge in [-0.25, -0.2) is 15.0 Å². The number of imidazole rings is 2. The van der Waals surface area contributed by atoms with Gasteiger partial charge < -0.3 is 23.9 Å². The first-order valence-corrected chi connectivity index (χ1v) is 14.8. The highest BCUT2D eigenvalue weighted by Gasteiger charge is 2.34. The Morgan fingerprint density at radius 2 is 1.87 bits per heavy atom. The topological polar surface area (TPSA) is 127 Å². The number of H-pyrrole nitrogens is 1. The molecule has 7 rings (SSSR count). The van der Waals surface area contributed by atoms with Crippen LogP contribution in [0.15, 0.2) is 73.3 Å². The minimum absolute atomic E-state index is 0.0210. The molecule has 4 aromatic heterocycles. The number of fused-ring (bicyclic) bond motifs is 2. The number of benzene rings is 2. The predicted octanol–water partition coefficient (Wildman–Crippen LogP) is 4.18. The van der Waals surface area contributed by atoms with Gasteiger partial charge in [0, 0.05) is 56.2 Å². The van der Waals surface area contributed by atoms with Crippen molar-refractivity contribution >= 4 is 27.8 Å². The molecule has 1 fully saturated rings. The van der Waals surface area contributed by atoms with Gasteiger partial charge in [-0.1, -0.05) is 18.2 Å². The third kappa shape index (κ3) is 5.55. The molecule has 1 saturated heterocycles. The molecule has 0 bridgehead atoms. The Bertz CT molecular complexity index is 1990. The second-order valence-electron chi connectivity index (χ2n) is 11.1. The number of pyridine rings is 1. The van der Waals surface area contributed by atoms with Gasteiger partial charge in [0.05, 0.1) is 53.9 Å². The molecule has 1 aliphatic rings. The van der Waals surface area contributed by atoms with Gasteiger partial charge in [0.1, 0.15) is 30.0 Å². The quantitative estimate of drug-likeness (QED) is 0.273. The van der Waals surface area contributed by atoms with Gasteiger partial charge in [-0.3, -0.25) is 19.7 Å². The van der Waals surface area contributed by atoms with E-state index < -0.39 is 0 Å². The molecule has 0 spiro atoms. The Hall–Kier alpha value is -5.36. The maximum Gasteiger partial charge on any atom is 0.243 e. The zero-order chi connectivity index (χ0) is 30.9. The van der Waals surface area contributed by atoms with Gasteiger partial charge in [-0.05, 0) is 31.2 Å². The number of aryl methyl sites for hydroxylation is 1. The van der Waals surface area contributed by atoms with E-state index in [1.807, 2.05) is 64.9 Å². The summed E-state index contributed by atoms with van der Waals surface area (Å²) in [6.45, 7) is 4.46. The van der Waals surface area contributed by atoms with Gasteiger partial charge in [0.2, 0.25) is 11.8 Å². The molecule has 0 saturated carbocycles. The molecule has 6 aromatic rings. The molecule has 0 aliphatic carbocycles. The van der Waals surface area contributed by atoms with E-state index in [9.17, 15) is 4.79 Å². The molecule has 12 heteroatoms. The molecule has 45 heavy (non-hydrogen) atoms. The Labute approximate surface area is 259 Å². The third-order valence-corrected chi connectivity index (χ3v) is 8.31. The van der Waals surface area contributed by atoms with E-state index in [0.717, 1.165) is 44.7 Å². The zero-order valence-electron chi connectivity index (χ0n) is 25.3. The number of piperazine rings is 1. The lowest BCUT2D eigenvalue weighted by atomic mass is 10.1. The molecule has 2 aromatic carbocycles. The summed E-state index contributed by atoms with van der Waals surface area (Å²) in [6, 6.07) is 15.3. The van der Waals surface area contributed by atoms with E-state index >= 15 is 0 Å². The molecule has 0 radical (unpaired) electrons. The van der Waals surface area contributed by atoms with Crippen LogP contribution in [0.2, 0.25) is 0 Å². The largest absolute Gasteiger partial charge is 0.497 e. The average molecular weight is 604 g/mol. The fourth-order valence-electron chi connectivity index (χ4n) is 6.02. The fourth-order valence-corrected chi connectivity index (χ4v) is 6.02. The summed E-state index contributed by atoms with van der Waals surface area (Å²) in [6.07, 6.45) is 6.93. The number of ether oxygens (including phenoxy) is 2. The van der Waals surface area contributed by atoms with Gasteiger partial charge >= 0.3 is 0 Å². The third-order valence-electron chi connectivity index (χ3n) is 8.31. The first-order valence-electron chi connectivity index (χ1n) is 14.8. The first kappa shape index (κ1) is 28.4. The van der Waals surface area contributed by atoms with Crippen molar-refractivity contribution in [2.75, 3.05) is 33.9 Å². The van der Waals surface area contributed by atoms with Gasteiger partial charge in [0.25, 0.3) is 0 Å². The molecule has 1 amide bonds. The van der Waals surface area contributed by atoms with E-state index in [1.165, 1.54) is 0 Å². The summed E-state index contributed by atoms with van der Waals surface area (Å²) >= 11 is 0.